The van der Waals surface area contributed by atoms with Crippen molar-refractivity contribution in [3.05, 3.63) is 28.0 Å². The quantitative estimate of drug-likeness (QED) is 0.569. The minimum atomic E-state index is -4.92. The Morgan fingerprint density at radius 1 is 1.38 bits per heavy atom. The zero-order valence-corrected chi connectivity index (χ0v) is 8.07. The summed E-state index contributed by atoms with van der Waals surface area (Å²) in [6.07, 6.45) is -8.11. The summed E-state index contributed by atoms with van der Waals surface area (Å²) in [5.41, 5.74) is -3.59. The monoisotopic (exact) mass is 256 g/mol. The van der Waals surface area contributed by atoms with Gasteiger partial charge in [0.1, 0.15) is 11.2 Å². The molecule has 8 heteroatoms. The lowest BCUT2D eigenvalue weighted by atomic mass is 10.1. The van der Waals surface area contributed by atoms with Crippen LogP contribution < -0.4 is 0 Å². The summed E-state index contributed by atoms with van der Waals surface area (Å²) in [7, 11) is 0. The Kier molecular flexibility index (Phi) is 3.33. The van der Waals surface area contributed by atoms with Gasteiger partial charge in [0.25, 0.3) is 6.43 Å². The molecule has 0 aliphatic rings. The van der Waals surface area contributed by atoms with Crippen LogP contribution in [0.5, 0.6) is 0 Å². The summed E-state index contributed by atoms with van der Waals surface area (Å²) in [4.78, 5) is 2.98. The van der Waals surface area contributed by atoms with Crippen LogP contribution in [0.2, 0.25) is 5.15 Å². The number of rotatable bonds is 1. The Hall–Kier alpha value is -1.42. The van der Waals surface area contributed by atoms with E-state index in [1.807, 2.05) is 0 Å². The average Bonchev–Trinajstić information content (AvgIpc) is 2.14. The van der Waals surface area contributed by atoms with Crippen LogP contribution in [0.3, 0.4) is 0 Å². The molecular formula is C8H2ClF5N2. The van der Waals surface area contributed by atoms with Gasteiger partial charge in [-0.3, -0.25) is 0 Å². The van der Waals surface area contributed by atoms with E-state index in [1.54, 1.807) is 0 Å². The Bertz CT molecular complexity index is 449. The van der Waals surface area contributed by atoms with Crippen molar-refractivity contribution in [2.24, 2.45) is 0 Å². The molecule has 0 unspecified atom stereocenters. The molecular weight excluding hydrogens is 255 g/mol. The van der Waals surface area contributed by atoms with Gasteiger partial charge in [0, 0.05) is 0 Å². The van der Waals surface area contributed by atoms with Crippen LogP contribution in [0.1, 0.15) is 23.2 Å². The number of hydrogen-bond acceptors (Lipinski definition) is 2. The van der Waals surface area contributed by atoms with Crippen molar-refractivity contribution < 1.29 is 22.0 Å². The van der Waals surface area contributed by atoms with Crippen molar-refractivity contribution in [1.29, 1.82) is 5.26 Å². The van der Waals surface area contributed by atoms with Crippen molar-refractivity contribution in [3.63, 3.8) is 0 Å². The first kappa shape index (κ1) is 12.6. The molecule has 0 aliphatic carbocycles. The Balaban J connectivity index is 3.49. The second kappa shape index (κ2) is 4.22. The van der Waals surface area contributed by atoms with Gasteiger partial charge in [-0.2, -0.15) is 18.4 Å². The smallest absolute Gasteiger partial charge is 0.224 e. The van der Waals surface area contributed by atoms with Gasteiger partial charge in [-0.25, -0.2) is 13.8 Å². The summed E-state index contributed by atoms with van der Waals surface area (Å²) in [5, 5.41) is 7.57. The van der Waals surface area contributed by atoms with E-state index in [2.05, 4.69) is 4.98 Å². The van der Waals surface area contributed by atoms with E-state index in [1.165, 1.54) is 0 Å². The highest BCUT2D eigenvalue weighted by atomic mass is 35.5. The normalized spacial score (nSPS) is 11.6. The van der Waals surface area contributed by atoms with Gasteiger partial charge < -0.3 is 0 Å². The van der Waals surface area contributed by atoms with E-state index >= 15 is 0 Å². The highest BCUT2D eigenvalue weighted by Gasteiger charge is 2.36. The minimum Gasteiger partial charge on any atom is -0.224 e. The molecule has 0 N–H and O–H groups in total. The number of hydrogen-bond donors (Lipinski definition) is 0. The number of alkyl halides is 5. The molecule has 0 aliphatic heterocycles. The maximum absolute atomic E-state index is 12.3. The van der Waals surface area contributed by atoms with Crippen LogP contribution in [0.15, 0.2) is 6.07 Å². The van der Waals surface area contributed by atoms with E-state index in [9.17, 15) is 22.0 Å². The lowest BCUT2D eigenvalue weighted by Gasteiger charge is -2.10. The summed E-state index contributed by atoms with van der Waals surface area (Å²) in [6.45, 7) is 0. The predicted molar refractivity (Wildman–Crippen MR) is 43.9 cm³/mol. The fourth-order valence-electron chi connectivity index (χ4n) is 0.961. The first-order chi connectivity index (χ1) is 7.27. The van der Waals surface area contributed by atoms with Gasteiger partial charge in [0.2, 0.25) is 0 Å². The molecule has 1 rings (SSSR count). The Morgan fingerprint density at radius 2 is 1.94 bits per heavy atom. The highest BCUT2D eigenvalue weighted by Crippen LogP contribution is 2.35. The van der Waals surface area contributed by atoms with Crippen LogP contribution in [0, 0.1) is 11.3 Å². The Morgan fingerprint density at radius 3 is 2.31 bits per heavy atom. The molecule has 0 radical (unpaired) electrons. The van der Waals surface area contributed by atoms with Gasteiger partial charge in [-0.1, -0.05) is 11.6 Å². The summed E-state index contributed by atoms with van der Waals surface area (Å²) in [5.74, 6) is 0. The maximum atomic E-state index is 12.3. The molecule has 0 bridgehead atoms. The highest BCUT2D eigenvalue weighted by molar-refractivity contribution is 6.30. The fraction of sp³-hybridized carbons (Fsp3) is 0.250. The number of aromatic nitrogens is 1. The van der Waals surface area contributed by atoms with E-state index in [0.717, 1.165) is 6.07 Å². The van der Waals surface area contributed by atoms with Crippen LogP contribution in [0.25, 0.3) is 0 Å². The number of pyridine rings is 1. The fourth-order valence-corrected chi connectivity index (χ4v) is 1.18. The van der Waals surface area contributed by atoms with Crippen molar-refractivity contribution in [3.8, 4) is 6.07 Å². The molecule has 16 heavy (non-hydrogen) atoms. The molecule has 0 amide bonds. The van der Waals surface area contributed by atoms with Gasteiger partial charge in [0.05, 0.1) is 11.1 Å². The van der Waals surface area contributed by atoms with Crippen molar-refractivity contribution in [2.75, 3.05) is 0 Å². The summed E-state index contributed by atoms with van der Waals surface area (Å²) >= 11 is 5.22. The van der Waals surface area contributed by atoms with Crippen LogP contribution in [0.4, 0.5) is 22.0 Å². The molecule has 0 saturated heterocycles. The van der Waals surface area contributed by atoms with Gasteiger partial charge in [-0.05, 0) is 6.07 Å². The largest absolute Gasteiger partial charge is 0.419 e. The number of nitrogens with zero attached hydrogens (tertiary/aromatic N) is 2. The van der Waals surface area contributed by atoms with E-state index in [-0.39, 0.29) is 6.07 Å². The van der Waals surface area contributed by atoms with Gasteiger partial charge in [0.15, 0.2) is 5.69 Å². The first-order valence-corrected chi connectivity index (χ1v) is 4.11. The standard InChI is InChI=1S/C8H2ClF5N2/c9-6-3(7(10)11)1-4(8(12,13)14)5(2-15)16-6/h1,7H. The lowest BCUT2D eigenvalue weighted by molar-refractivity contribution is -0.138. The molecule has 0 aromatic carbocycles. The molecule has 86 valence electrons. The predicted octanol–water partition coefficient (Wildman–Crippen LogP) is 3.56. The van der Waals surface area contributed by atoms with Crippen LogP contribution in [-0.2, 0) is 6.18 Å². The maximum Gasteiger partial charge on any atom is 0.419 e. The van der Waals surface area contributed by atoms with E-state index < -0.39 is 34.6 Å². The third-order valence-electron chi connectivity index (χ3n) is 1.65. The Labute approximate surface area is 91.3 Å². The zero-order valence-electron chi connectivity index (χ0n) is 7.32. The molecule has 2 nitrogen and oxygen atoms in total. The van der Waals surface area contributed by atoms with Crippen LogP contribution >= 0.6 is 11.6 Å². The van der Waals surface area contributed by atoms with Crippen molar-refractivity contribution >= 4 is 11.6 Å². The SMILES string of the molecule is N#Cc1nc(Cl)c(C(F)F)cc1C(F)(F)F. The molecule has 0 saturated carbocycles. The third-order valence-corrected chi connectivity index (χ3v) is 1.95. The minimum absolute atomic E-state index is 0.137. The second-order valence-electron chi connectivity index (χ2n) is 2.67. The molecule has 0 fully saturated rings. The first-order valence-electron chi connectivity index (χ1n) is 3.73. The topological polar surface area (TPSA) is 36.7 Å². The summed E-state index contributed by atoms with van der Waals surface area (Å²) in [6, 6.07) is 1.29. The number of halogens is 6. The lowest BCUT2D eigenvalue weighted by Crippen LogP contribution is -2.11. The van der Waals surface area contributed by atoms with Crippen LogP contribution in [-0.4, -0.2) is 4.98 Å². The second-order valence-corrected chi connectivity index (χ2v) is 3.03. The van der Waals surface area contributed by atoms with Crippen molar-refractivity contribution in [2.45, 2.75) is 12.6 Å². The molecule has 1 aromatic rings. The number of nitriles is 1. The van der Waals surface area contributed by atoms with Gasteiger partial charge >= 0.3 is 6.18 Å². The van der Waals surface area contributed by atoms with E-state index in [0.29, 0.717) is 0 Å². The van der Waals surface area contributed by atoms with Crippen molar-refractivity contribution in [1.82, 2.24) is 4.98 Å². The van der Waals surface area contributed by atoms with E-state index in [4.69, 9.17) is 16.9 Å². The zero-order chi connectivity index (χ0) is 12.5. The van der Waals surface area contributed by atoms with Gasteiger partial charge in [-0.15, -0.1) is 0 Å². The molecule has 0 spiro atoms. The summed E-state index contributed by atoms with van der Waals surface area (Å²) < 4.78 is 61.5. The molecule has 0 atom stereocenters. The third kappa shape index (κ3) is 2.39. The average molecular weight is 257 g/mol. The molecule has 1 heterocycles. The molecule has 1 aromatic heterocycles.